The van der Waals surface area contributed by atoms with E-state index in [2.05, 4.69) is 27.3 Å². The van der Waals surface area contributed by atoms with E-state index >= 15 is 0 Å². The van der Waals surface area contributed by atoms with E-state index in [1.54, 1.807) is 7.05 Å². The molecule has 0 atom stereocenters. The zero-order chi connectivity index (χ0) is 18.0. The summed E-state index contributed by atoms with van der Waals surface area (Å²) in [5.74, 6) is -0.192. The van der Waals surface area contributed by atoms with E-state index in [9.17, 15) is 9.59 Å². The second-order valence-electron chi connectivity index (χ2n) is 6.64. The fraction of sp³-hybridized carbons (Fsp3) is 0.300. The Morgan fingerprint density at radius 1 is 1.16 bits per heavy atom. The molecule has 1 aliphatic carbocycles. The second kappa shape index (κ2) is 7.00. The highest BCUT2D eigenvalue weighted by Gasteiger charge is 2.52. The first-order chi connectivity index (χ1) is 11.9. The fourth-order valence-corrected chi connectivity index (χ4v) is 3.48. The summed E-state index contributed by atoms with van der Waals surface area (Å²) in [7, 11) is 1.69. The highest BCUT2D eigenvalue weighted by molar-refractivity contribution is 9.10. The number of benzene rings is 2. The SMILES string of the molecule is Cc1cccc(C2(C(=O)N(C)CC(=O)Nc3ccccc3Br)CC2)c1. The van der Waals surface area contributed by atoms with Crippen LogP contribution in [-0.4, -0.2) is 30.3 Å². The van der Waals surface area contributed by atoms with E-state index < -0.39 is 5.41 Å². The number of aryl methyl sites for hydroxylation is 1. The van der Waals surface area contributed by atoms with Crippen molar-refractivity contribution < 1.29 is 9.59 Å². The van der Waals surface area contributed by atoms with E-state index in [1.807, 2.05) is 49.4 Å². The Morgan fingerprint density at radius 2 is 1.88 bits per heavy atom. The van der Waals surface area contributed by atoms with E-state index in [0.29, 0.717) is 5.69 Å². The van der Waals surface area contributed by atoms with Crippen LogP contribution in [-0.2, 0) is 15.0 Å². The highest BCUT2D eigenvalue weighted by Crippen LogP contribution is 2.49. The van der Waals surface area contributed by atoms with E-state index in [0.717, 1.165) is 28.4 Å². The molecule has 3 rings (SSSR count). The molecule has 0 spiro atoms. The Hall–Kier alpha value is -2.14. The molecule has 0 heterocycles. The standard InChI is InChI=1S/C20H21BrN2O2/c1-14-6-5-7-15(12-14)20(10-11-20)19(25)23(2)13-18(24)22-17-9-4-3-8-16(17)21/h3-9,12H,10-11,13H2,1-2H3,(H,22,24). The van der Waals surface area contributed by atoms with Crippen molar-refractivity contribution in [1.29, 1.82) is 0 Å². The van der Waals surface area contributed by atoms with Gasteiger partial charge in [0.2, 0.25) is 11.8 Å². The van der Waals surface area contributed by atoms with Gasteiger partial charge >= 0.3 is 0 Å². The number of nitrogens with one attached hydrogen (secondary N) is 1. The Bertz CT molecular complexity index is 815. The van der Waals surface area contributed by atoms with E-state index in [1.165, 1.54) is 4.90 Å². The molecule has 2 aromatic carbocycles. The van der Waals surface area contributed by atoms with Crippen LogP contribution in [0.1, 0.15) is 24.0 Å². The van der Waals surface area contributed by atoms with Crippen LogP contribution in [0.3, 0.4) is 0 Å². The van der Waals surface area contributed by atoms with Gasteiger partial charge in [0, 0.05) is 11.5 Å². The lowest BCUT2D eigenvalue weighted by molar-refractivity contribution is -0.135. The smallest absolute Gasteiger partial charge is 0.244 e. The van der Waals surface area contributed by atoms with Crippen molar-refractivity contribution in [2.24, 2.45) is 0 Å². The van der Waals surface area contributed by atoms with Crippen LogP contribution in [0.5, 0.6) is 0 Å². The molecule has 1 saturated carbocycles. The zero-order valence-corrected chi connectivity index (χ0v) is 16.0. The summed E-state index contributed by atoms with van der Waals surface area (Å²) in [4.78, 5) is 26.8. The van der Waals surface area contributed by atoms with E-state index in [4.69, 9.17) is 0 Å². The lowest BCUT2D eigenvalue weighted by atomic mass is 9.93. The van der Waals surface area contributed by atoms with Crippen LogP contribution >= 0.6 is 15.9 Å². The van der Waals surface area contributed by atoms with Gasteiger partial charge in [-0.2, -0.15) is 0 Å². The first-order valence-electron chi connectivity index (χ1n) is 8.29. The molecule has 130 valence electrons. The van der Waals surface area contributed by atoms with Crippen molar-refractivity contribution in [1.82, 2.24) is 4.90 Å². The van der Waals surface area contributed by atoms with Crippen LogP contribution in [0.25, 0.3) is 0 Å². The molecule has 4 nitrogen and oxygen atoms in total. The van der Waals surface area contributed by atoms with Gasteiger partial charge in [-0.1, -0.05) is 42.0 Å². The summed E-state index contributed by atoms with van der Waals surface area (Å²) < 4.78 is 0.816. The number of halogens is 1. The number of hydrogen-bond donors (Lipinski definition) is 1. The van der Waals surface area contributed by atoms with Gasteiger partial charge in [-0.25, -0.2) is 0 Å². The molecular formula is C20H21BrN2O2. The van der Waals surface area contributed by atoms with Crippen molar-refractivity contribution in [2.75, 3.05) is 18.9 Å². The highest BCUT2D eigenvalue weighted by atomic mass is 79.9. The average Bonchev–Trinajstić information content (AvgIpc) is 3.38. The van der Waals surface area contributed by atoms with Crippen molar-refractivity contribution in [3.63, 3.8) is 0 Å². The first-order valence-corrected chi connectivity index (χ1v) is 9.09. The lowest BCUT2D eigenvalue weighted by Gasteiger charge is -2.24. The summed E-state index contributed by atoms with van der Waals surface area (Å²) in [5.41, 5.74) is 2.45. The number of para-hydroxylation sites is 1. The third kappa shape index (κ3) is 3.76. The van der Waals surface area contributed by atoms with Crippen LogP contribution in [0.2, 0.25) is 0 Å². The summed E-state index contributed by atoms with van der Waals surface area (Å²) in [6.07, 6.45) is 1.68. The van der Waals surface area contributed by atoms with Gasteiger partial charge < -0.3 is 10.2 Å². The number of anilines is 1. The Kier molecular flexibility index (Phi) is 4.95. The topological polar surface area (TPSA) is 49.4 Å². The molecule has 25 heavy (non-hydrogen) atoms. The van der Waals surface area contributed by atoms with Gasteiger partial charge in [-0.15, -0.1) is 0 Å². The number of amides is 2. The largest absolute Gasteiger partial charge is 0.336 e. The monoisotopic (exact) mass is 400 g/mol. The maximum absolute atomic E-state index is 12.9. The second-order valence-corrected chi connectivity index (χ2v) is 7.50. The summed E-state index contributed by atoms with van der Waals surface area (Å²) in [6.45, 7) is 2.06. The molecule has 0 saturated heterocycles. The van der Waals surface area contributed by atoms with Crippen molar-refractivity contribution in [2.45, 2.75) is 25.2 Å². The number of hydrogen-bond acceptors (Lipinski definition) is 2. The summed E-state index contributed by atoms with van der Waals surface area (Å²) in [6, 6.07) is 15.5. The summed E-state index contributed by atoms with van der Waals surface area (Å²) >= 11 is 3.40. The number of carbonyl (C=O) groups excluding carboxylic acids is 2. The minimum absolute atomic E-state index is 0.0142. The number of rotatable bonds is 5. The molecule has 0 aromatic heterocycles. The zero-order valence-electron chi connectivity index (χ0n) is 14.4. The van der Waals surface area contributed by atoms with Gasteiger partial charge in [-0.3, -0.25) is 9.59 Å². The van der Waals surface area contributed by atoms with Gasteiger partial charge in [-0.05, 0) is 53.4 Å². The number of nitrogens with zero attached hydrogens (tertiary/aromatic N) is 1. The number of likely N-dealkylation sites (N-methyl/N-ethyl adjacent to an activating group) is 1. The molecule has 0 unspecified atom stereocenters. The lowest BCUT2D eigenvalue weighted by Crippen LogP contribution is -2.41. The molecule has 2 aromatic rings. The number of carbonyl (C=O) groups is 2. The van der Waals surface area contributed by atoms with Crippen molar-refractivity contribution in [3.05, 3.63) is 64.1 Å². The Morgan fingerprint density at radius 3 is 2.52 bits per heavy atom. The molecule has 1 fully saturated rings. The molecule has 0 radical (unpaired) electrons. The van der Waals surface area contributed by atoms with Crippen LogP contribution in [0.4, 0.5) is 5.69 Å². The molecular weight excluding hydrogens is 380 g/mol. The van der Waals surface area contributed by atoms with Crippen LogP contribution in [0, 0.1) is 6.92 Å². The maximum Gasteiger partial charge on any atom is 0.244 e. The molecule has 1 aliphatic rings. The maximum atomic E-state index is 12.9. The van der Waals surface area contributed by atoms with Gasteiger partial charge in [0.25, 0.3) is 0 Å². The molecule has 1 N–H and O–H groups in total. The minimum atomic E-state index is -0.450. The van der Waals surface area contributed by atoms with E-state index in [-0.39, 0.29) is 18.4 Å². The Labute approximate surface area is 156 Å². The molecule has 0 aliphatic heterocycles. The summed E-state index contributed by atoms with van der Waals surface area (Å²) in [5, 5.41) is 2.84. The quantitative estimate of drug-likeness (QED) is 0.827. The first kappa shape index (κ1) is 17.7. The minimum Gasteiger partial charge on any atom is -0.336 e. The molecule has 0 bridgehead atoms. The third-order valence-electron chi connectivity index (χ3n) is 4.61. The third-order valence-corrected chi connectivity index (χ3v) is 5.30. The van der Waals surface area contributed by atoms with Gasteiger partial charge in [0.1, 0.15) is 0 Å². The van der Waals surface area contributed by atoms with Crippen molar-refractivity contribution in [3.8, 4) is 0 Å². The van der Waals surface area contributed by atoms with Crippen LogP contribution in [0.15, 0.2) is 53.0 Å². The normalized spacial score (nSPS) is 14.7. The van der Waals surface area contributed by atoms with Crippen LogP contribution < -0.4 is 5.32 Å². The van der Waals surface area contributed by atoms with Gasteiger partial charge in [0.15, 0.2) is 0 Å². The molecule has 5 heteroatoms. The predicted molar refractivity (Wildman–Crippen MR) is 102 cm³/mol. The van der Waals surface area contributed by atoms with Crippen molar-refractivity contribution >= 4 is 33.4 Å². The Balaban J connectivity index is 1.67. The fourth-order valence-electron chi connectivity index (χ4n) is 3.10. The predicted octanol–water partition coefficient (Wildman–Crippen LogP) is 3.89. The van der Waals surface area contributed by atoms with Gasteiger partial charge in [0.05, 0.1) is 17.6 Å². The molecule has 2 amide bonds. The average molecular weight is 401 g/mol.